The third-order valence-electron chi connectivity index (χ3n) is 4.06. The number of carbonyl (C=O) groups is 2. The third-order valence-corrected chi connectivity index (χ3v) is 4.06. The van der Waals surface area contributed by atoms with Crippen molar-refractivity contribution in [3.63, 3.8) is 0 Å². The van der Waals surface area contributed by atoms with Gasteiger partial charge in [-0.1, -0.05) is 36.4 Å². The quantitative estimate of drug-likeness (QED) is 0.708. The van der Waals surface area contributed by atoms with Crippen molar-refractivity contribution >= 4 is 23.3 Å². The average Bonchev–Trinajstić information content (AvgIpc) is 2.69. The Balaban J connectivity index is 2.01. The van der Waals surface area contributed by atoms with Crippen molar-refractivity contribution in [1.29, 1.82) is 0 Å². The highest BCUT2D eigenvalue weighted by atomic mass is 16.5. The minimum Gasteiger partial charge on any atom is -0.465 e. The number of aromatic nitrogens is 1. The molecule has 6 nitrogen and oxygen atoms in total. The van der Waals surface area contributed by atoms with Gasteiger partial charge in [0.1, 0.15) is 5.56 Å². The number of esters is 1. The van der Waals surface area contributed by atoms with Gasteiger partial charge in [-0.15, -0.1) is 0 Å². The van der Waals surface area contributed by atoms with Crippen LogP contribution in [0.15, 0.2) is 77.7 Å². The largest absolute Gasteiger partial charge is 0.465 e. The molecule has 1 heterocycles. The number of benzene rings is 2. The van der Waals surface area contributed by atoms with E-state index in [0.717, 1.165) is 0 Å². The Hall–Kier alpha value is -3.67. The fraction of sp³-hybridized carbons (Fsp3) is 0.0952. The number of anilines is 2. The Morgan fingerprint density at radius 2 is 1.48 bits per heavy atom. The Labute approximate surface area is 156 Å². The number of amides is 1. The molecule has 1 N–H and O–H groups in total. The Morgan fingerprint density at radius 3 is 2.00 bits per heavy atom. The van der Waals surface area contributed by atoms with E-state index in [1.165, 1.54) is 13.3 Å². The summed E-state index contributed by atoms with van der Waals surface area (Å²) in [6.45, 7) is 0. The van der Waals surface area contributed by atoms with Gasteiger partial charge >= 0.3 is 5.97 Å². The Bertz CT molecular complexity index is 958. The van der Waals surface area contributed by atoms with Crippen molar-refractivity contribution in [2.24, 2.45) is 0 Å². The minimum absolute atomic E-state index is 0.127. The Morgan fingerprint density at radius 1 is 0.926 bits per heavy atom. The standard InChI is InChI=1S/C21H18N2O4/c1-27-21(26)19-15(12-13-22-20(19)25)14-18(24)23(16-8-4-2-5-9-16)17-10-6-3-7-11-17/h2-13H,14H2,1H3,(H,22,25). The Kier molecular flexibility index (Phi) is 5.47. The van der Waals surface area contributed by atoms with Gasteiger partial charge in [-0.2, -0.15) is 0 Å². The highest BCUT2D eigenvalue weighted by Gasteiger charge is 2.23. The molecule has 0 spiro atoms. The van der Waals surface area contributed by atoms with E-state index in [1.54, 1.807) is 11.0 Å². The van der Waals surface area contributed by atoms with Crippen LogP contribution >= 0.6 is 0 Å². The molecular formula is C21H18N2O4. The maximum Gasteiger partial charge on any atom is 0.343 e. The molecule has 136 valence electrons. The van der Waals surface area contributed by atoms with Gasteiger partial charge in [0.05, 0.1) is 13.5 Å². The maximum atomic E-state index is 13.1. The zero-order valence-corrected chi connectivity index (χ0v) is 14.7. The SMILES string of the molecule is COC(=O)c1c(CC(=O)N(c2ccccc2)c2ccccc2)cc[nH]c1=O. The second kappa shape index (κ2) is 8.14. The molecule has 0 fully saturated rings. The van der Waals surface area contributed by atoms with Crippen LogP contribution in [0.25, 0.3) is 0 Å². The van der Waals surface area contributed by atoms with Crippen molar-refractivity contribution in [2.75, 3.05) is 12.0 Å². The fourth-order valence-electron chi connectivity index (χ4n) is 2.83. The number of H-pyrrole nitrogens is 1. The van der Waals surface area contributed by atoms with Crippen LogP contribution in [0, 0.1) is 0 Å². The molecule has 3 rings (SSSR count). The first-order valence-corrected chi connectivity index (χ1v) is 8.33. The molecule has 1 aromatic heterocycles. The smallest absolute Gasteiger partial charge is 0.343 e. The number of methoxy groups -OCH3 is 1. The van der Waals surface area contributed by atoms with Gasteiger partial charge in [-0.05, 0) is 35.9 Å². The summed E-state index contributed by atoms with van der Waals surface area (Å²) in [4.78, 5) is 41.2. The molecule has 0 saturated heterocycles. The molecular weight excluding hydrogens is 344 g/mol. The van der Waals surface area contributed by atoms with E-state index in [2.05, 4.69) is 9.72 Å². The van der Waals surface area contributed by atoms with E-state index >= 15 is 0 Å². The van der Waals surface area contributed by atoms with Gasteiger partial charge in [-0.25, -0.2) is 4.79 Å². The van der Waals surface area contributed by atoms with Gasteiger partial charge in [0.15, 0.2) is 0 Å². The third kappa shape index (κ3) is 3.95. The van der Waals surface area contributed by atoms with E-state index in [1.807, 2.05) is 60.7 Å². The molecule has 0 bridgehead atoms. The number of carbonyl (C=O) groups excluding carboxylic acids is 2. The van der Waals surface area contributed by atoms with Gasteiger partial charge in [0.25, 0.3) is 5.56 Å². The molecule has 1 amide bonds. The first kappa shape index (κ1) is 18.1. The van der Waals surface area contributed by atoms with Crippen LogP contribution in [-0.4, -0.2) is 24.0 Å². The van der Waals surface area contributed by atoms with Crippen LogP contribution in [0.2, 0.25) is 0 Å². The van der Waals surface area contributed by atoms with Crippen molar-refractivity contribution in [3.05, 3.63) is 94.4 Å². The first-order valence-electron chi connectivity index (χ1n) is 8.33. The molecule has 2 aromatic carbocycles. The van der Waals surface area contributed by atoms with E-state index in [4.69, 9.17) is 0 Å². The summed E-state index contributed by atoms with van der Waals surface area (Å²) in [7, 11) is 1.20. The van der Waals surface area contributed by atoms with Gasteiger partial charge in [0, 0.05) is 17.6 Å². The van der Waals surface area contributed by atoms with Gasteiger partial charge < -0.3 is 9.72 Å². The second-order valence-corrected chi connectivity index (χ2v) is 5.78. The van der Waals surface area contributed by atoms with Crippen LogP contribution in [0.3, 0.4) is 0 Å². The predicted octanol–water partition coefficient (Wildman–Crippen LogP) is 3.07. The summed E-state index contributed by atoms with van der Waals surface area (Å²) < 4.78 is 4.69. The number of nitrogens with zero attached hydrogens (tertiary/aromatic N) is 1. The van der Waals surface area contributed by atoms with Crippen LogP contribution in [0.1, 0.15) is 15.9 Å². The summed E-state index contributed by atoms with van der Waals surface area (Å²) in [5, 5.41) is 0. The lowest BCUT2D eigenvalue weighted by Gasteiger charge is -2.23. The number of pyridine rings is 1. The number of hydrogen-bond acceptors (Lipinski definition) is 4. The van der Waals surface area contributed by atoms with E-state index in [0.29, 0.717) is 16.9 Å². The number of hydrogen-bond donors (Lipinski definition) is 1. The zero-order valence-electron chi connectivity index (χ0n) is 14.7. The molecule has 0 radical (unpaired) electrons. The van der Waals surface area contributed by atoms with Crippen LogP contribution in [0.4, 0.5) is 11.4 Å². The summed E-state index contributed by atoms with van der Waals surface area (Å²) in [6.07, 6.45) is 1.28. The first-order chi connectivity index (χ1) is 13.1. The molecule has 3 aromatic rings. The van der Waals surface area contributed by atoms with Crippen molar-refractivity contribution in [1.82, 2.24) is 4.98 Å². The average molecular weight is 362 g/mol. The zero-order chi connectivity index (χ0) is 19.2. The molecule has 0 aliphatic rings. The van der Waals surface area contributed by atoms with E-state index < -0.39 is 11.5 Å². The lowest BCUT2D eigenvalue weighted by atomic mass is 10.1. The predicted molar refractivity (Wildman–Crippen MR) is 102 cm³/mol. The van der Waals surface area contributed by atoms with Crippen molar-refractivity contribution < 1.29 is 14.3 Å². The van der Waals surface area contributed by atoms with Gasteiger partial charge in [0.2, 0.25) is 5.91 Å². The molecule has 0 aliphatic carbocycles. The molecule has 0 aliphatic heterocycles. The number of rotatable bonds is 5. The summed E-state index contributed by atoms with van der Waals surface area (Å²) in [5.74, 6) is -1.05. The number of para-hydroxylation sites is 2. The second-order valence-electron chi connectivity index (χ2n) is 5.78. The summed E-state index contributed by atoms with van der Waals surface area (Å²) in [5.41, 5.74) is 0.955. The highest BCUT2D eigenvalue weighted by Crippen LogP contribution is 2.26. The topological polar surface area (TPSA) is 79.5 Å². The van der Waals surface area contributed by atoms with Gasteiger partial charge in [-0.3, -0.25) is 14.5 Å². The molecule has 0 unspecified atom stereocenters. The van der Waals surface area contributed by atoms with E-state index in [-0.39, 0.29) is 17.9 Å². The van der Waals surface area contributed by atoms with Crippen molar-refractivity contribution in [2.45, 2.75) is 6.42 Å². The number of aromatic amines is 1. The van der Waals surface area contributed by atoms with Crippen LogP contribution in [-0.2, 0) is 16.0 Å². The van der Waals surface area contributed by atoms with Crippen molar-refractivity contribution in [3.8, 4) is 0 Å². The van der Waals surface area contributed by atoms with Crippen LogP contribution < -0.4 is 10.5 Å². The molecule has 0 atom stereocenters. The molecule has 27 heavy (non-hydrogen) atoms. The maximum absolute atomic E-state index is 13.1. The minimum atomic E-state index is -0.773. The highest BCUT2D eigenvalue weighted by molar-refractivity contribution is 6.02. The number of ether oxygens (including phenoxy) is 1. The lowest BCUT2D eigenvalue weighted by Crippen LogP contribution is -2.30. The van der Waals surface area contributed by atoms with E-state index in [9.17, 15) is 14.4 Å². The summed E-state index contributed by atoms with van der Waals surface area (Å²) in [6, 6.07) is 19.9. The van der Waals surface area contributed by atoms with Crippen LogP contribution in [0.5, 0.6) is 0 Å². The monoisotopic (exact) mass is 362 g/mol. The molecule has 6 heteroatoms. The normalized spacial score (nSPS) is 10.3. The fourth-order valence-corrected chi connectivity index (χ4v) is 2.83. The summed E-state index contributed by atoms with van der Waals surface area (Å²) >= 11 is 0. The molecule has 0 saturated carbocycles. The number of nitrogens with one attached hydrogen (secondary N) is 1. The lowest BCUT2D eigenvalue weighted by molar-refractivity contribution is -0.117.